The maximum Gasteiger partial charge on any atom is 0.325 e. The van der Waals surface area contributed by atoms with Gasteiger partial charge in [0, 0.05) is 32.1 Å². The van der Waals surface area contributed by atoms with Gasteiger partial charge < -0.3 is 10.0 Å². The van der Waals surface area contributed by atoms with E-state index in [2.05, 4.69) is 6.92 Å². The summed E-state index contributed by atoms with van der Waals surface area (Å²) in [6.45, 7) is 5.17. The minimum atomic E-state index is -0.801. The largest absolute Gasteiger partial charge is 0.480 e. The zero-order valence-electron chi connectivity index (χ0n) is 15.0. The van der Waals surface area contributed by atoms with Crippen molar-refractivity contribution in [1.82, 2.24) is 9.80 Å². The summed E-state index contributed by atoms with van der Waals surface area (Å²) < 4.78 is 0. The van der Waals surface area contributed by atoms with Crippen LogP contribution in [0, 0.1) is 5.92 Å². The molecule has 2 aliphatic heterocycles. The number of carboxylic acid groups (broad SMARTS) is 1. The number of rotatable bonds is 5. The van der Waals surface area contributed by atoms with Crippen LogP contribution in [0.3, 0.4) is 0 Å². The van der Waals surface area contributed by atoms with Gasteiger partial charge in [0.2, 0.25) is 5.91 Å². The predicted octanol–water partition coefficient (Wildman–Crippen LogP) is 2.71. The quantitative estimate of drug-likeness (QED) is 0.892. The number of hydrogen-bond donors (Lipinski definition) is 1. The molecule has 1 aromatic rings. The van der Waals surface area contributed by atoms with E-state index in [4.69, 9.17) is 0 Å². The normalized spacial score (nSPS) is 20.6. The highest BCUT2D eigenvalue weighted by atomic mass is 16.4. The predicted molar refractivity (Wildman–Crippen MR) is 96.3 cm³/mol. The van der Waals surface area contributed by atoms with E-state index in [1.54, 1.807) is 0 Å². The van der Waals surface area contributed by atoms with Gasteiger partial charge in [-0.15, -0.1) is 0 Å². The number of carboxylic acids is 1. The molecule has 1 amide bonds. The van der Waals surface area contributed by atoms with Crippen molar-refractivity contribution < 1.29 is 14.7 Å². The molecule has 1 atom stereocenters. The van der Waals surface area contributed by atoms with E-state index in [1.165, 1.54) is 0 Å². The van der Waals surface area contributed by atoms with Crippen LogP contribution in [0.15, 0.2) is 24.3 Å². The number of likely N-dealkylation sites (tertiary alicyclic amines) is 2. The highest BCUT2D eigenvalue weighted by Gasteiger charge is 2.35. The van der Waals surface area contributed by atoms with Gasteiger partial charge in [-0.2, -0.15) is 0 Å². The smallest absolute Gasteiger partial charge is 0.325 e. The second-order valence-electron chi connectivity index (χ2n) is 7.14. The molecule has 0 aliphatic carbocycles. The minimum absolute atomic E-state index is 0.0604. The fourth-order valence-corrected chi connectivity index (χ4v) is 4.21. The molecule has 1 aromatic carbocycles. The second kappa shape index (κ2) is 8.00. The lowest BCUT2D eigenvalue weighted by atomic mass is 9.91. The van der Waals surface area contributed by atoms with E-state index in [0.29, 0.717) is 13.1 Å². The molecule has 5 heteroatoms. The molecule has 0 saturated carbocycles. The Morgan fingerprint density at radius 3 is 2.36 bits per heavy atom. The van der Waals surface area contributed by atoms with Gasteiger partial charge in [-0.3, -0.25) is 14.5 Å². The first-order valence-electron chi connectivity index (χ1n) is 9.45. The average molecular weight is 344 g/mol. The second-order valence-corrected chi connectivity index (χ2v) is 7.14. The molecular formula is C20H28N2O3. The van der Waals surface area contributed by atoms with Gasteiger partial charge in [0.15, 0.2) is 0 Å². The Morgan fingerprint density at radius 2 is 1.76 bits per heavy atom. The number of carbonyl (C=O) groups excluding carboxylic acids is 1. The first-order chi connectivity index (χ1) is 12.1. The Morgan fingerprint density at radius 1 is 1.12 bits per heavy atom. The number of nitrogens with zero attached hydrogens (tertiary/aromatic N) is 2. The van der Waals surface area contributed by atoms with Gasteiger partial charge in [0.05, 0.1) is 0 Å². The van der Waals surface area contributed by atoms with Crippen molar-refractivity contribution in [2.24, 2.45) is 5.92 Å². The van der Waals surface area contributed by atoms with Crippen LogP contribution in [-0.2, 0) is 16.0 Å². The van der Waals surface area contributed by atoms with Gasteiger partial charge in [-0.25, -0.2) is 0 Å². The molecule has 136 valence electrons. The summed E-state index contributed by atoms with van der Waals surface area (Å²) >= 11 is 0. The monoisotopic (exact) mass is 344 g/mol. The van der Waals surface area contributed by atoms with Crippen molar-refractivity contribution >= 4 is 11.9 Å². The van der Waals surface area contributed by atoms with E-state index < -0.39 is 12.0 Å². The fourth-order valence-electron chi connectivity index (χ4n) is 4.21. The molecule has 1 unspecified atom stereocenters. The number of aliphatic carboxylic acids is 1. The topological polar surface area (TPSA) is 60.9 Å². The zero-order chi connectivity index (χ0) is 17.8. The summed E-state index contributed by atoms with van der Waals surface area (Å²) in [7, 11) is 0. The minimum Gasteiger partial charge on any atom is -0.480 e. The van der Waals surface area contributed by atoms with Crippen molar-refractivity contribution in [3.05, 3.63) is 35.4 Å². The van der Waals surface area contributed by atoms with Gasteiger partial charge >= 0.3 is 5.97 Å². The van der Waals surface area contributed by atoms with Crippen LogP contribution in [0.25, 0.3) is 0 Å². The van der Waals surface area contributed by atoms with Crippen molar-refractivity contribution in [2.45, 2.75) is 45.1 Å². The van der Waals surface area contributed by atoms with E-state index >= 15 is 0 Å². The van der Waals surface area contributed by atoms with Crippen LogP contribution in [0.1, 0.15) is 49.8 Å². The molecule has 2 heterocycles. The summed E-state index contributed by atoms with van der Waals surface area (Å²) in [5.74, 6) is -0.464. The summed E-state index contributed by atoms with van der Waals surface area (Å²) in [6.07, 6.45) is 4.56. The highest BCUT2D eigenvalue weighted by molar-refractivity contribution is 5.79. The molecule has 0 aromatic heterocycles. The number of benzene rings is 1. The molecule has 0 bridgehead atoms. The zero-order valence-corrected chi connectivity index (χ0v) is 15.0. The van der Waals surface area contributed by atoms with Crippen molar-refractivity contribution in [2.75, 3.05) is 26.2 Å². The van der Waals surface area contributed by atoms with Gasteiger partial charge in [-0.1, -0.05) is 31.2 Å². The van der Waals surface area contributed by atoms with E-state index in [-0.39, 0.29) is 11.8 Å². The Labute approximate surface area is 149 Å². The third-order valence-corrected chi connectivity index (χ3v) is 5.63. The summed E-state index contributed by atoms with van der Waals surface area (Å²) in [6, 6.07) is 7.20. The number of carbonyl (C=O) groups is 2. The fraction of sp³-hybridized carbons (Fsp3) is 0.600. The first-order valence-corrected chi connectivity index (χ1v) is 9.45. The molecule has 5 nitrogen and oxygen atoms in total. The van der Waals surface area contributed by atoms with E-state index in [0.717, 1.165) is 56.3 Å². The number of hydrogen-bond acceptors (Lipinski definition) is 3. The Hall–Kier alpha value is -1.88. The Balaban J connectivity index is 1.69. The first kappa shape index (κ1) is 17.9. The molecule has 2 saturated heterocycles. The number of amides is 1. The van der Waals surface area contributed by atoms with Crippen molar-refractivity contribution in [3.63, 3.8) is 0 Å². The van der Waals surface area contributed by atoms with Crippen LogP contribution in [-0.4, -0.2) is 53.0 Å². The van der Waals surface area contributed by atoms with Crippen LogP contribution < -0.4 is 0 Å². The lowest BCUT2D eigenvalue weighted by Gasteiger charge is -2.37. The molecule has 0 radical (unpaired) electrons. The molecule has 2 fully saturated rings. The van der Waals surface area contributed by atoms with Gasteiger partial charge in [0.25, 0.3) is 0 Å². The lowest BCUT2D eigenvalue weighted by Crippen LogP contribution is -2.44. The van der Waals surface area contributed by atoms with Gasteiger partial charge in [-0.05, 0) is 43.2 Å². The average Bonchev–Trinajstić information content (AvgIpc) is 3.17. The van der Waals surface area contributed by atoms with Gasteiger partial charge in [0.1, 0.15) is 6.04 Å². The van der Waals surface area contributed by atoms with Crippen molar-refractivity contribution in [3.8, 4) is 0 Å². The maximum absolute atomic E-state index is 12.6. The lowest BCUT2D eigenvalue weighted by molar-refractivity contribution is -0.145. The molecular weight excluding hydrogens is 316 g/mol. The molecule has 25 heavy (non-hydrogen) atoms. The number of piperidine rings is 1. The summed E-state index contributed by atoms with van der Waals surface area (Å²) in [5.41, 5.74) is 1.98. The highest BCUT2D eigenvalue weighted by Crippen LogP contribution is 2.30. The SMILES string of the molecule is CCc1ccccc1C(C(=O)O)N1CCC(C(=O)N2CCCC2)CC1. The Kier molecular flexibility index (Phi) is 5.74. The Bertz CT molecular complexity index is 617. The third-order valence-electron chi connectivity index (χ3n) is 5.63. The summed E-state index contributed by atoms with van der Waals surface area (Å²) in [5, 5.41) is 9.83. The maximum atomic E-state index is 12.6. The molecule has 0 spiro atoms. The van der Waals surface area contributed by atoms with Crippen LogP contribution in [0.4, 0.5) is 0 Å². The molecule has 1 N–H and O–H groups in total. The van der Waals surface area contributed by atoms with Crippen LogP contribution in [0.2, 0.25) is 0 Å². The third kappa shape index (κ3) is 3.87. The van der Waals surface area contributed by atoms with E-state index in [9.17, 15) is 14.7 Å². The van der Waals surface area contributed by atoms with E-state index in [1.807, 2.05) is 34.1 Å². The van der Waals surface area contributed by atoms with Crippen LogP contribution in [0.5, 0.6) is 0 Å². The summed E-state index contributed by atoms with van der Waals surface area (Å²) in [4.78, 5) is 28.6. The molecule has 2 aliphatic rings. The molecule has 3 rings (SSSR count). The van der Waals surface area contributed by atoms with Crippen molar-refractivity contribution in [1.29, 1.82) is 0 Å². The number of aryl methyl sites for hydroxylation is 1. The van der Waals surface area contributed by atoms with Crippen LogP contribution >= 0.6 is 0 Å². The standard InChI is InChI=1S/C20H28N2O3/c1-2-15-7-3-4-8-17(15)18(20(24)25)21-13-9-16(10-14-21)19(23)22-11-5-6-12-22/h3-4,7-8,16,18H,2,5-6,9-14H2,1H3,(H,24,25).